The largest absolute Gasteiger partial charge is 0.375 e. The molecular weight excluding hydrogens is 150 g/mol. The summed E-state index contributed by atoms with van der Waals surface area (Å²) in [4.78, 5) is 0. The molecule has 3 heteroatoms. The highest BCUT2D eigenvalue weighted by atomic mass is 19.1. The van der Waals surface area contributed by atoms with E-state index in [4.69, 9.17) is 4.74 Å². The van der Waals surface area contributed by atoms with E-state index in [1.54, 1.807) is 13.8 Å². The molecule has 0 aromatic rings. The maximum Gasteiger partial charge on any atom is 0.123 e. The van der Waals surface area contributed by atoms with Gasteiger partial charge in [-0.2, -0.15) is 0 Å². The van der Waals surface area contributed by atoms with E-state index in [0.29, 0.717) is 12.8 Å². The van der Waals surface area contributed by atoms with Gasteiger partial charge in [-0.05, 0) is 12.8 Å². The number of rotatable bonds is 6. The molecule has 0 bridgehead atoms. The maximum absolute atomic E-state index is 12.4. The topological polar surface area (TPSA) is 9.23 Å². The highest BCUT2D eigenvalue weighted by Crippen LogP contribution is 2.01. The molecule has 0 spiro atoms. The van der Waals surface area contributed by atoms with Crippen LogP contribution in [0.5, 0.6) is 0 Å². The molecule has 68 valence electrons. The van der Waals surface area contributed by atoms with Crippen molar-refractivity contribution in [3.05, 3.63) is 0 Å². The number of ether oxygens (including phenoxy) is 1. The molecule has 1 nitrogen and oxygen atoms in total. The van der Waals surface area contributed by atoms with Crippen molar-refractivity contribution in [2.75, 3.05) is 13.2 Å². The van der Waals surface area contributed by atoms with E-state index < -0.39 is 12.3 Å². The smallest absolute Gasteiger partial charge is 0.123 e. The molecule has 2 unspecified atom stereocenters. The summed E-state index contributed by atoms with van der Waals surface area (Å²) >= 11 is 0. The van der Waals surface area contributed by atoms with Crippen LogP contribution in [0.15, 0.2) is 0 Å². The normalized spacial score (nSPS) is 16.4. The van der Waals surface area contributed by atoms with Crippen LogP contribution in [0.25, 0.3) is 0 Å². The number of hydrogen-bond donors (Lipinski definition) is 0. The molecule has 2 atom stereocenters. The minimum absolute atomic E-state index is 0.0247. The van der Waals surface area contributed by atoms with E-state index in [1.165, 1.54) is 0 Å². The van der Waals surface area contributed by atoms with E-state index in [1.807, 2.05) is 0 Å². The van der Waals surface area contributed by atoms with Crippen LogP contribution in [0, 0.1) is 0 Å². The summed E-state index contributed by atoms with van der Waals surface area (Å²) in [7, 11) is 0. The van der Waals surface area contributed by atoms with Gasteiger partial charge in [-0.3, -0.25) is 0 Å². The predicted octanol–water partition coefficient (Wildman–Crippen LogP) is 2.50. The number of halogens is 2. The minimum Gasteiger partial charge on any atom is -0.375 e. The fourth-order valence-corrected chi connectivity index (χ4v) is 0.559. The second-order valence-electron chi connectivity index (χ2n) is 2.55. The minimum atomic E-state index is -0.945. The van der Waals surface area contributed by atoms with Gasteiger partial charge in [0.1, 0.15) is 12.3 Å². The van der Waals surface area contributed by atoms with Gasteiger partial charge in [0.15, 0.2) is 0 Å². The lowest BCUT2D eigenvalue weighted by atomic mass is 10.3. The molecule has 0 aromatic carbocycles. The van der Waals surface area contributed by atoms with Gasteiger partial charge in [-0.1, -0.05) is 13.8 Å². The monoisotopic (exact) mass is 166 g/mol. The van der Waals surface area contributed by atoms with Crippen LogP contribution in [0.3, 0.4) is 0 Å². The summed E-state index contributed by atoms with van der Waals surface area (Å²) in [5.41, 5.74) is 0. The lowest BCUT2D eigenvalue weighted by Crippen LogP contribution is -2.15. The Bertz CT molecular complexity index is 78.2. The molecule has 0 heterocycles. The Labute approximate surface area is 66.7 Å². The molecule has 0 saturated heterocycles. The van der Waals surface area contributed by atoms with Crippen molar-refractivity contribution in [3.63, 3.8) is 0 Å². The summed E-state index contributed by atoms with van der Waals surface area (Å²) in [6, 6.07) is 0. The van der Waals surface area contributed by atoms with Crippen molar-refractivity contribution >= 4 is 0 Å². The second kappa shape index (κ2) is 6.53. The zero-order valence-electron chi connectivity index (χ0n) is 7.15. The third-order valence-electron chi connectivity index (χ3n) is 1.48. The fourth-order valence-electron chi connectivity index (χ4n) is 0.559. The molecule has 0 N–H and O–H groups in total. The average Bonchev–Trinajstić information content (AvgIpc) is 2.04. The zero-order chi connectivity index (χ0) is 8.69. The average molecular weight is 166 g/mol. The third kappa shape index (κ3) is 6.23. The maximum atomic E-state index is 12.4. The van der Waals surface area contributed by atoms with Gasteiger partial charge in [-0.15, -0.1) is 0 Å². The molecule has 0 amide bonds. The molecule has 0 aliphatic rings. The van der Waals surface area contributed by atoms with E-state index in [0.717, 1.165) is 0 Å². The van der Waals surface area contributed by atoms with E-state index in [9.17, 15) is 8.78 Å². The first-order valence-electron chi connectivity index (χ1n) is 4.06. The summed E-state index contributed by atoms with van der Waals surface area (Å²) < 4.78 is 29.7. The first-order chi connectivity index (χ1) is 5.20. The molecule has 0 aliphatic heterocycles. The third-order valence-corrected chi connectivity index (χ3v) is 1.48. The van der Waals surface area contributed by atoms with Crippen LogP contribution in [0.4, 0.5) is 8.78 Å². The van der Waals surface area contributed by atoms with Crippen molar-refractivity contribution in [3.8, 4) is 0 Å². The Morgan fingerprint density at radius 3 is 1.64 bits per heavy atom. The van der Waals surface area contributed by atoms with Gasteiger partial charge in [0, 0.05) is 0 Å². The van der Waals surface area contributed by atoms with Gasteiger partial charge in [0.2, 0.25) is 0 Å². The summed E-state index contributed by atoms with van der Waals surface area (Å²) in [6.07, 6.45) is -1.02. The fraction of sp³-hybridized carbons (Fsp3) is 1.00. The molecule has 0 aromatic heterocycles. The molecule has 0 saturated carbocycles. The Hall–Kier alpha value is -0.180. The summed E-state index contributed by atoms with van der Waals surface area (Å²) in [5, 5.41) is 0. The van der Waals surface area contributed by atoms with Crippen LogP contribution in [0.1, 0.15) is 26.7 Å². The molecular formula is C8H16F2O. The van der Waals surface area contributed by atoms with E-state index >= 15 is 0 Å². The van der Waals surface area contributed by atoms with E-state index in [2.05, 4.69) is 0 Å². The Kier molecular flexibility index (Phi) is 6.42. The van der Waals surface area contributed by atoms with Crippen LogP contribution in [-0.2, 0) is 4.74 Å². The highest BCUT2D eigenvalue weighted by Gasteiger charge is 2.06. The van der Waals surface area contributed by atoms with Crippen LogP contribution in [0.2, 0.25) is 0 Å². The Morgan fingerprint density at radius 1 is 1.00 bits per heavy atom. The lowest BCUT2D eigenvalue weighted by Gasteiger charge is -2.08. The quantitative estimate of drug-likeness (QED) is 0.589. The van der Waals surface area contributed by atoms with E-state index in [-0.39, 0.29) is 13.2 Å². The Balaban J connectivity index is 3.13. The van der Waals surface area contributed by atoms with Gasteiger partial charge in [-0.25, -0.2) is 8.78 Å². The first-order valence-corrected chi connectivity index (χ1v) is 4.06. The van der Waals surface area contributed by atoms with Crippen molar-refractivity contribution < 1.29 is 13.5 Å². The number of alkyl halides is 2. The Morgan fingerprint density at radius 2 is 1.36 bits per heavy atom. The molecule has 0 rings (SSSR count). The van der Waals surface area contributed by atoms with Gasteiger partial charge in [0.05, 0.1) is 13.2 Å². The van der Waals surface area contributed by atoms with Crippen molar-refractivity contribution in [1.29, 1.82) is 0 Å². The van der Waals surface area contributed by atoms with Crippen molar-refractivity contribution in [2.24, 2.45) is 0 Å². The van der Waals surface area contributed by atoms with Crippen LogP contribution < -0.4 is 0 Å². The molecule has 0 radical (unpaired) electrons. The molecule has 0 fully saturated rings. The molecule has 11 heavy (non-hydrogen) atoms. The van der Waals surface area contributed by atoms with Crippen LogP contribution >= 0.6 is 0 Å². The van der Waals surface area contributed by atoms with Gasteiger partial charge in [0.25, 0.3) is 0 Å². The first kappa shape index (κ1) is 10.8. The van der Waals surface area contributed by atoms with Gasteiger partial charge >= 0.3 is 0 Å². The zero-order valence-corrected chi connectivity index (χ0v) is 7.15. The van der Waals surface area contributed by atoms with Crippen molar-refractivity contribution in [1.82, 2.24) is 0 Å². The lowest BCUT2D eigenvalue weighted by molar-refractivity contribution is 0.0434. The molecule has 0 aliphatic carbocycles. The van der Waals surface area contributed by atoms with Crippen LogP contribution in [-0.4, -0.2) is 25.6 Å². The highest BCUT2D eigenvalue weighted by molar-refractivity contribution is 4.53. The number of hydrogen-bond acceptors (Lipinski definition) is 1. The summed E-state index contributed by atoms with van der Waals surface area (Å²) in [5.74, 6) is 0. The SMILES string of the molecule is CCC(F)COCC(F)CC. The second-order valence-corrected chi connectivity index (χ2v) is 2.55. The van der Waals surface area contributed by atoms with Gasteiger partial charge < -0.3 is 4.74 Å². The summed E-state index contributed by atoms with van der Waals surface area (Å²) in [6.45, 7) is 3.52. The van der Waals surface area contributed by atoms with Crippen molar-refractivity contribution in [2.45, 2.75) is 39.0 Å². The predicted molar refractivity (Wildman–Crippen MR) is 41.2 cm³/mol. The standard InChI is InChI=1S/C8H16F2O/c1-3-7(9)5-11-6-8(10)4-2/h7-8H,3-6H2,1-2H3.